The predicted molar refractivity (Wildman–Crippen MR) is 144 cm³/mol. The fraction of sp³-hybridized carbons (Fsp3) is 0.185. The number of hydrogen-bond acceptors (Lipinski definition) is 7. The highest BCUT2D eigenvalue weighted by molar-refractivity contribution is 9.10. The summed E-state index contributed by atoms with van der Waals surface area (Å²) in [4.78, 5) is 27.9. The summed E-state index contributed by atoms with van der Waals surface area (Å²) < 4.78 is 34.8. The van der Waals surface area contributed by atoms with Crippen molar-refractivity contribution in [2.75, 3.05) is 20.8 Å². The molecule has 3 aromatic rings. The number of ketones is 1. The summed E-state index contributed by atoms with van der Waals surface area (Å²) in [7, 11) is -0.867. The second kappa shape index (κ2) is 11.0. The molecule has 38 heavy (non-hydrogen) atoms. The first-order valence-corrected chi connectivity index (χ1v) is 13.8. The highest BCUT2D eigenvalue weighted by atomic mass is 79.9. The molecule has 4 rings (SSSR count). The SMILES string of the molecule is COc1ccc([C@H]2C(=C(O)c3ccc(Br)cc3)C(=O)C(=O)N2CCc2ccc(S(N)(=O)=O)cc2)c(OC)c1. The van der Waals surface area contributed by atoms with Crippen LogP contribution >= 0.6 is 15.9 Å². The number of nitrogens with two attached hydrogens (primary N) is 1. The van der Waals surface area contributed by atoms with E-state index in [1.54, 1.807) is 54.6 Å². The number of benzene rings is 3. The molecular weight excluding hydrogens is 576 g/mol. The number of aliphatic hydroxyl groups is 1. The van der Waals surface area contributed by atoms with Gasteiger partial charge in [-0.05, 0) is 48.4 Å². The molecule has 1 amide bonds. The summed E-state index contributed by atoms with van der Waals surface area (Å²) in [5, 5.41) is 16.4. The normalized spacial score (nSPS) is 17.1. The fourth-order valence-corrected chi connectivity index (χ4v) is 5.12. The first-order chi connectivity index (χ1) is 18.0. The standard InChI is InChI=1S/C27H25BrN2O7S/c1-36-19-9-12-21(22(15-19)37-2)24-23(25(31)17-5-7-18(28)8-6-17)26(32)27(33)30(24)14-13-16-3-10-20(11-4-16)38(29,34)35/h3-12,15,24,31H,13-14H2,1-2H3,(H2,29,34,35)/t24-/m0/s1. The van der Waals surface area contributed by atoms with E-state index in [2.05, 4.69) is 15.9 Å². The molecule has 1 aliphatic heterocycles. The number of aliphatic hydroxyl groups excluding tert-OH is 1. The Hall–Kier alpha value is -3.67. The van der Waals surface area contributed by atoms with Crippen LogP contribution in [-0.4, -0.2) is 50.9 Å². The Morgan fingerprint density at radius 1 is 1.00 bits per heavy atom. The van der Waals surface area contributed by atoms with E-state index in [-0.39, 0.29) is 22.8 Å². The molecule has 1 saturated heterocycles. The summed E-state index contributed by atoms with van der Waals surface area (Å²) in [5.41, 5.74) is 1.54. The second-order valence-corrected chi connectivity index (χ2v) is 11.0. The zero-order chi connectivity index (χ0) is 27.6. The van der Waals surface area contributed by atoms with Gasteiger partial charge in [0.25, 0.3) is 11.7 Å². The number of ether oxygens (including phenoxy) is 2. The lowest BCUT2D eigenvalue weighted by Crippen LogP contribution is -2.32. The lowest BCUT2D eigenvalue weighted by atomic mass is 9.94. The van der Waals surface area contributed by atoms with Crippen molar-refractivity contribution in [2.45, 2.75) is 17.4 Å². The molecule has 0 aromatic heterocycles. The summed E-state index contributed by atoms with van der Waals surface area (Å²) in [6, 6.07) is 16.8. The number of sulfonamides is 1. The van der Waals surface area contributed by atoms with Crippen LogP contribution in [0.1, 0.15) is 22.7 Å². The second-order valence-electron chi connectivity index (χ2n) is 8.55. The molecule has 1 heterocycles. The number of Topliss-reactive ketones (excluding diaryl/α,β-unsaturated/α-hetero) is 1. The quantitative estimate of drug-likeness (QED) is 0.228. The molecule has 9 nitrogen and oxygen atoms in total. The average Bonchev–Trinajstić information content (AvgIpc) is 3.16. The molecule has 1 fully saturated rings. The minimum absolute atomic E-state index is 0.0286. The predicted octanol–water partition coefficient (Wildman–Crippen LogP) is 3.78. The number of methoxy groups -OCH3 is 2. The summed E-state index contributed by atoms with van der Waals surface area (Å²) in [5.74, 6) is -1.00. The average molecular weight is 601 g/mol. The lowest BCUT2D eigenvalue weighted by molar-refractivity contribution is -0.139. The van der Waals surface area contributed by atoms with Crippen LogP contribution in [0.2, 0.25) is 0 Å². The van der Waals surface area contributed by atoms with E-state index in [0.29, 0.717) is 29.0 Å². The maximum absolute atomic E-state index is 13.3. The molecular formula is C27H25BrN2O7S. The van der Waals surface area contributed by atoms with E-state index in [1.165, 1.54) is 31.3 Å². The van der Waals surface area contributed by atoms with Crippen molar-refractivity contribution >= 4 is 43.4 Å². The summed E-state index contributed by atoms with van der Waals surface area (Å²) in [6.07, 6.45) is 0.311. The number of hydrogen-bond donors (Lipinski definition) is 2. The number of nitrogens with zero attached hydrogens (tertiary/aromatic N) is 1. The number of primary sulfonamides is 1. The van der Waals surface area contributed by atoms with Gasteiger partial charge in [0.1, 0.15) is 17.3 Å². The lowest BCUT2D eigenvalue weighted by Gasteiger charge is -2.27. The Morgan fingerprint density at radius 2 is 1.66 bits per heavy atom. The van der Waals surface area contributed by atoms with Crippen LogP contribution in [0.3, 0.4) is 0 Å². The minimum atomic E-state index is -3.84. The van der Waals surface area contributed by atoms with Gasteiger partial charge in [-0.3, -0.25) is 9.59 Å². The molecule has 3 N–H and O–H groups in total. The van der Waals surface area contributed by atoms with Crippen LogP contribution in [0.4, 0.5) is 0 Å². The van der Waals surface area contributed by atoms with Crippen LogP contribution in [-0.2, 0) is 26.0 Å². The van der Waals surface area contributed by atoms with Crippen LogP contribution < -0.4 is 14.6 Å². The maximum atomic E-state index is 13.3. The molecule has 1 atom stereocenters. The zero-order valence-corrected chi connectivity index (χ0v) is 23.0. The van der Waals surface area contributed by atoms with Gasteiger partial charge in [-0.15, -0.1) is 0 Å². The van der Waals surface area contributed by atoms with Crippen molar-refractivity contribution in [1.29, 1.82) is 0 Å². The largest absolute Gasteiger partial charge is 0.507 e. The van der Waals surface area contributed by atoms with E-state index in [0.717, 1.165) is 10.0 Å². The number of halogens is 1. The van der Waals surface area contributed by atoms with E-state index >= 15 is 0 Å². The fourth-order valence-electron chi connectivity index (χ4n) is 4.34. The minimum Gasteiger partial charge on any atom is -0.507 e. The highest BCUT2D eigenvalue weighted by Crippen LogP contribution is 2.43. The van der Waals surface area contributed by atoms with Crippen LogP contribution in [0, 0.1) is 0 Å². The van der Waals surface area contributed by atoms with Gasteiger partial charge in [0.05, 0.1) is 30.7 Å². The highest BCUT2D eigenvalue weighted by Gasteiger charge is 2.47. The molecule has 1 aliphatic rings. The van der Waals surface area contributed by atoms with Crippen molar-refractivity contribution in [1.82, 2.24) is 4.90 Å². The third-order valence-corrected chi connectivity index (χ3v) is 7.74. The molecule has 11 heteroatoms. The molecule has 198 valence electrons. The van der Waals surface area contributed by atoms with Crippen molar-refractivity contribution < 1.29 is 32.6 Å². The number of carbonyl (C=O) groups is 2. The molecule has 0 saturated carbocycles. The molecule has 0 unspecified atom stereocenters. The number of carbonyl (C=O) groups excluding carboxylic acids is 2. The van der Waals surface area contributed by atoms with Crippen molar-refractivity contribution in [3.63, 3.8) is 0 Å². The Balaban J connectivity index is 1.79. The van der Waals surface area contributed by atoms with Gasteiger partial charge in [-0.25, -0.2) is 13.6 Å². The number of likely N-dealkylation sites (tertiary alicyclic amines) is 1. The van der Waals surface area contributed by atoms with E-state index in [1.807, 2.05) is 0 Å². The molecule has 0 aliphatic carbocycles. The summed E-state index contributed by atoms with van der Waals surface area (Å²) in [6.45, 7) is 0.107. The Bertz CT molecular complexity index is 1520. The smallest absolute Gasteiger partial charge is 0.295 e. The van der Waals surface area contributed by atoms with Gasteiger partial charge in [0, 0.05) is 28.2 Å². The Morgan fingerprint density at radius 3 is 2.24 bits per heavy atom. The van der Waals surface area contributed by atoms with Gasteiger partial charge in [-0.2, -0.15) is 0 Å². The van der Waals surface area contributed by atoms with Gasteiger partial charge in [-0.1, -0.05) is 40.2 Å². The van der Waals surface area contributed by atoms with Gasteiger partial charge >= 0.3 is 0 Å². The van der Waals surface area contributed by atoms with Crippen molar-refractivity contribution in [3.05, 3.63) is 93.5 Å². The first-order valence-electron chi connectivity index (χ1n) is 11.4. The van der Waals surface area contributed by atoms with Crippen molar-refractivity contribution in [2.24, 2.45) is 5.14 Å². The van der Waals surface area contributed by atoms with Gasteiger partial charge < -0.3 is 19.5 Å². The van der Waals surface area contributed by atoms with Crippen molar-refractivity contribution in [3.8, 4) is 11.5 Å². The van der Waals surface area contributed by atoms with E-state index in [9.17, 15) is 23.1 Å². The van der Waals surface area contributed by atoms with Crippen LogP contribution in [0.5, 0.6) is 11.5 Å². The Labute approximate surface area is 228 Å². The van der Waals surface area contributed by atoms with Crippen LogP contribution in [0.25, 0.3) is 5.76 Å². The molecule has 3 aromatic carbocycles. The van der Waals surface area contributed by atoms with E-state index in [4.69, 9.17) is 14.6 Å². The molecule has 0 radical (unpaired) electrons. The number of rotatable bonds is 8. The third kappa shape index (κ3) is 5.45. The zero-order valence-electron chi connectivity index (χ0n) is 20.5. The maximum Gasteiger partial charge on any atom is 0.295 e. The topological polar surface area (TPSA) is 136 Å². The summed E-state index contributed by atoms with van der Waals surface area (Å²) >= 11 is 3.35. The number of amides is 1. The van der Waals surface area contributed by atoms with Gasteiger partial charge in [0.15, 0.2) is 0 Å². The monoisotopic (exact) mass is 600 g/mol. The third-order valence-electron chi connectivity index (χ3n) is 6.29. The first kappa shape index (κ1) is 27.4. The molecule has 0 bridgehead atoms. The van der Waals surface area contributed by atoms with Crippen LogP contribution in [0.15, 0.2) is 81.7 Å². The molecule has 0 spiro atoms. The van der Waals surface area contributed by atoms with E-state index < -0.39 is 27.8 Å². The van der Waals surface area contributed by atoms with Gasteiger partial charge in [0.2, 0.25) is 10.0 Å². The Kier molecular flexibility index (Phi) is 7.91.